The Labute approximate surface area is 115 Å². The Bertz CT molecular complexity index is 525. The fourth-order valence-electron chi connectivity index (χ4n) is 1.51. The zero-order valence-electron chi connectivity index (χ0n) is 10.3. The molecule has 0 aliphatic rings. The van der Waals surface area contributed by atoms with Gasteiger partial charge in [0.25, 0.3) is 5.91 Å². The van der Waals surface area contributed by atoms with Gasteiger partial charge in [0.15, 0.2) is 0 Å². The van der Waals surface area contributed by atoms with E-state index in [-0.39, 0.29) is 17.0 Å². The van der Waals surface area contributed by atoms with E-state index < -0.39 is 23.8 Å². The second-order valence-corrected chi connectivity index (χ2v) is 4.52. The van der Waals surface area contributed by atoms with Crippen molar-refractivity contribution in [1.29, 1.82) is 5.26 Å². The molecule has 1 aromatic rings. The molecule has 0 aliphatic carbocycles. The Morgan fingerprint density at radius 2 is 2.11 bits per heavy atom. The Balaban J connectivity index is 2.81. The molecule has 5 nitrogen and oxygen atoms in total. The van der Waals surface area contributed by atoms with Crippen LogP contribution in [-0.4, -0.2) is 23.0 Å². The van der Waals surface area contributed by atoms with E-state index in [2.05, 4.69) is 5.32 Å². The number of aliphatic carboxylic acids is 1. The van der Waals surface area contributed by atoms with Crippen LogP contribution in [-0.2, 0) is 4.79 Å². The molecule has 1 rings (SSSR count). The molecule has 2 atom stereocenters. The first kappa shape index (κ1) is 15.0. The smallest absolute Gasteiger partial charge is 0.326 e. The van der Waals surface area contributed by atoms with Crippen LogP contribution in [0.2, 0.25) is 5.02 Å². The van der Waals surface area contributed by atoms with E-state index in [4.69, 9.17) is 22.0 Å². The van der Waals surface area contributed by atoms with Crippen molar-refractivity contribution < 1.29 is 14.7 Å². The molecule has 0 saturated carbocycles. The molecule has 0 saturated heterocycles. The van der Waals surface area contributed by atoms with Gasteiger partial charge in [-0.3, -0.25) is 4.79 Å². The first-order valence-electron chi connectivity index (χ1n) is 5.63. The number of benzene rings is 1. The lowest BCUT2D eigenvalue weighted by atomic mass is 10.0. The van der Waals surface area contributed by atoms with E-state index in [1.165, 1.54) is 6.07 Å². The number of nitriles is 1. The molecule has 6 heteroatoms. The van der Waals surface area contributed by atoms with Gasteiger partial charge in [0.1, 0.15) is 6.04 Å². The van der Waals surface area contributed by atoms with Crippen LogP contribution in [0.5, 0.6) is 0 Å². The molecule has 19 heavy (non-hydrogen) atoms. The van der Waals surface area contributed by atoms with Crippen molar-refractivity contribution in [3.05, 3.63) is 34.9 Å². The number of hydrogen-bond acceptors (Lipinski definition) is 3. The second kappa shape index (κ2) is 6.76. The fourth-order valence-corrected chi connectivity index (χ4v) is 1.73. The number of halogens is 1. The van der Waals surface area contributed by atoms with E-state index in [0.717, 1.165) is 0 Å². The highest BCUT2D eigenvalue weighted by atomic mass is 35.5. The molecule has 100 valence electrons. The highest BCUT2D eigenvalue weighted by Gasteiger charge is 2.23. The maximum atomic E-state index is 11.9. The van der Waals surface area contributed by atoms with Crippen LogP contribution in [0.1, 0.15) is 23.7 Å². The average Bonchev–Trinajstić information content (AvgIpc) is 2.37. The summed E-state index contributed by atoms with van der Waals surface area (Å²) in [5.74, 6) is -2.21. The summed E-state index contributed by atoms with van der Waals surface area (Å²) < 4.78 is 0. The Kier molecular flexibility index (Phi) is 5.34. The molecule has 0 fully saturated rings. The third-order valence-corrected chi connectivity index (χ3v) is 2.86. The van der Waals surface area contributed by atoms with Gasteiger partial charge in [0, 0.05) is 5.92 Å². The van der Waals surface area contributed by atoms with Crippen molar-refractivity contribution in [2.45, 2.75) is 19.4 Å². The van der Waals surface area contributed by atoms with Crippen molar-refractivity contribution >= 4 is 23.5 Å². The van der Waals surface area contributed by atoms with Crippen molar-refractivity contribution in [1.82, 2.24) is 5.32 Å². The maximum absolute atomic E-state index is 11.9. The number of hydrogen-bond donors (Lipinski definition) is 2. The number of carbonyl (C=O) groups excluding carboxylic acids is 1. The largest absolute Gasteiger partial charge is 0.480 e. The maximum Gasteiger partial charge on any atom is 0.326 e. The van der Waals surface area contributed by atoms with Crippen LogP contribution in [0.3, 0.4) is 0 Å². The highest BCUT2D eigenvalue weighted by molar-refractivity contribution is 6.33. The average molecular weight is 281 g/mol. The third kappa shape index (κ3) is 4.27. The van der Waals surface area contributed by atoms with Gasteiger partial charge >= 0.3 is 5.97 Å². The van der Waals surface area contributed by atoms with Gasteiger partial charge in [-0.05, 0) is 25.5 Å². The van der Waals surface area contributed by atoms with Gasteiger partial charge in [-0.15, -0.1) is 0 Å². The van der Waals surface area contributed by atoms with Crippen molar-refractivity contribution in [2.24, 2.45) is 5.92 Å². The minimum absolute atomic E-state index is 0.0437. The molecule has 0 unspecified atom stereocenters. The molecule has 0 heterocycles. The molecule has 0 spiro atoms. The summed E-state index contributed by atoms with van der Waals surface area (Å²) in [5, 5.41) is 20.3. The lowest BCUT2D eigenvalue weighted by Crippen LogP contribution is -2.41. The number of nitrogens with zero attached hydrogens (tertiary/aromatic N) is 1. The highest BCUT2D eigenvalue weighted by Crippen LogP contribution is 2.15. The van der Waals surface area contributed by atoms with Crippen LogP contribution in [0, 0.1) is 17.2 Å². The van der Waals surface area contributed by atoms with E-state index in [1.807, 2.05) is 6.07 Å². The van der Waals surface area contributed by atoms with E-state index in [9.17, 15) is 9.59 Å². The van der Waals surface area contributed by atoms with Gasteiger partial charge in [-0.2, -0.15) is 5.26 Å². The standard InChI is InChI=1S/C13H13ClN2O3/c1-8(7-15)6-11(13(18)19)16-12(17)9-4-2-3-5-10(9)14/h2-5,8,11H,6H2,1H3,(H,16,17)(H,18,19)/t8-,11+/m1/s1. The van der Waals surface area contributed by atoms with E-state index in [0.29, 0.717) is 0 Å². The molecular weight excluding hydrogens is 268 g/mol. The third-order valence-electron chi connectivity index (χ3n) is 2.53. The van der Waals surface area contributed by atoms with E-state index in [1.54, 1.807) is 25.1 Å². The number of amides is 1. The summed E-state index contributed by atoms with van der Waals surface area (Å²) in [5.41, 5.74) is 0.208. The zero-order valence-corrected chi connectivity index (χ0v) is 11.0. The monoisotopic (exact) mass is 280 g/mol. The Morgan fingerprint density at radius 1 is 1.47 bits per heavy atom. The number of carboxylic acids is 1. The van der Waals surface area contributed by atoms with Gasteiger partial charge in [0.2, 0.25) is 0 Å². The summed E-state index contributed by atoms with van der Waals surface area (Å²) in [6.07, 6.45) is 0.0437. The Hall–Kier alpha value is -2.06. The minimum atomic E-state index is -1.18. The zero-order chi connectivity index (χ0) is 14.4. The lowest BCUT2D eigenvalue weighted by Gasteiger charge is -2.15. The van der Waals surface area contributed by atoms with Crippen molar-refractivity contribution in [3.63, 3.8) is 0 Å². The predicted molar refractivity (Wildman–Crippen MR) is 69.7 cm³/mol. The van der Waals surface area contributed by atoms with Crippen LogP contribution in [0.25, 0.3) is 0 Å². The molecule has 0 bridgehead atoms. The summed E-state index contributed by atoms with van der Waals surface area (Å²) >= 11 is 5.85. The van der Waals surface area contributed by atoms with Gasteiger partial charge in [-0.1, -0.05) is 23.7 Å². The van der Waals surface area contributed by atoms with Crippen molar-refractivity contribution in [2.75, 3.05) is 0 Å². The first-order valence-corrected chi connectivity index (χ1v) is 6.01. The topological polar surface area (TPSA) is 90.2 Å². The van der Waals surface area contributed by atoms with Gasteiger partial charge < -0.3 is 10.4 Å². The van der Waals surface area contributed by atoms with Crippen LogP contribution in [0.15, 0.2) is 24.3 Å². The normalized spacial score (nSPS) is 13.1. The molecule has 1 amide bonds. The molecule has 1 aromatic carbocycles. The lowest BCUT2D eigenvalue weighted by molar-refractivity contribution is -0.139. The summed E-state index contributed by atoms with van der Waals surface area (Å²) in [4.78, 5) is 23.0. The molecule has 0 aromatic heterocycles. The molecule has 0 aliphatic heterocycles. The Morgan fingerprint density at radius 3 is 2.63 bits per heavy atom. The van der Waals surface area contributed by atoms with Crippen molar-refractivity contribution in [3.8, 4) is 6.07 Å². The summed E-state index contributed by atoms with van der Waals surface area (Å²) in [6, 6.07) is 7.18. The second-order valence-electron chi connectivity index (χ2n) is 4.11. The number of carbonyl (C=O) groups is 2. The number of rotatable bonds is 5. The summed E-state index contributed by atoms with van der Waals surface area (Å²) in [7, 11) is 0. The summed E-state index contributed by atoms with van der Waals surface area (Å²) in [6.45, 7) is 1.59. The van der Waals surface area contributed by atoms with Gasteiger partial charge in [0.05, 0.1) is 16.7 Å². The quantitative estimate of drug-likeness (QED) is 0.864. The molecule has 2 N–H and O–H groups in total. The minimum Gasteiger partial charge on any atom is -0.480 e. The molecular formula is C13H13ClN2O3. The number of carboxylic acid groups (broad SMARTS) is 1. The first-order chi connectivity index (χ1) is 8.95. The van der Waals surface area contributed by atoms with Gasteiger partial charge in [-0.25, -0.2) is 4.79 Å². The van der Waals surface area contributed by atoms with Crippen LogP contribution >= 0.6 is 11.6 Å². The van der Waals surface area contributed by atoms with Crippen LogP contribution < -0.4 is 5.32 Å². The number of nitrogens with one attached hydrogen (secondary N) is 1. The van der Waals surface area contributed by atoms with Crippen LogP contribution in [0.4, 0.5) is 0 Å². The SMILES string of the molecule is C[C@@H](C#N)C[C@H](NC(=O)c1ccccc1Cl)C(=O)O. The molecule has 0 radical (unpaired) electrons. The fraction of sp³-hybridized carbons (Fsp3) is 0.308. The predicted octanol–water partition coefficient (Wildman–Crippen LogP) is 2.07. The van der Waals surface area contributed by atoms with E-state index >= 15 is 0 Å².